The van der Waals surface area contributed by atoms with E-state index in [0.29, 0.717) is 5.69 Å². The quantitative estimate of drug-likeness (QED) is 0.595. The monoisotopic (exact) mass is 245 g/mol. The Hall–Kier alpha value is -0.640. The van der Waals surface area contributed by atoms with Crippen molar-refractivity contribution in [2.45, 2.75) is 31.0 Å². The Morgan fingerprint density at radius 3 is 2.62 bits per heavy atom. The van der Waals surface area contributed by atoms with Crippen LogP contribution in [0.3, 0.4) is 0 Å². The normalized spacial score (nSPS) is 14.2. The smallest absolute Gasteiger partial charge is 0.142 e. The third-order valence-corrected chi connectivity index (χ3v) is 2.35. The van der Waals surface area contributed by atoms with Crippen molar-refractivity contribution >= 4 is 22.2 Å². The van der Waals surface area contributed by atoms with Gasteiger partial charge in [-0.05, 0) is 0 Å². The molecule has 0 bridgehead atoms. The van der Waals surface area contributed by atoms with E-state index in [9.17, 15) is 4.79 Å². The Morgan fingerprint density at radius 1 is 1.62 bits per heavy atom. The van der Waals surface area contributed by atoms with Crippen LogP contribution in [0.2, 0.25) is 0 Å². The van der Waals surface area contributed by atoms with Gasteiger partial charge in [0, 0.05) is 11.5 Å². The predicted octanol–water partition coefficient (Wildman–Crippen LogP) is 2.61. The molecule has 1 heterocycles. The highest BCUT2D eigenvalue weighted by atomic mass is 79.9. The Kier molecular flexibility index (Phi) is 2.91. The summed E-state index contributed by atoms with van der Waals surface area (Å²) in [5.41, 5.74) is 0.556. The Labute approximate surface area is 85.6 Å². The first-order valence-corrected chi connectivity index (χ1v) is 4.93. The fourth-order valence-electron chi connectivity index (χ4n) is 0.842. The van der Waals surface area contributed by atoms with Gasteiger partial charge in [-0.15, -0.1) is 0 Å². The van der Waals surface area contributed by atoms with Crippen LogP contribution in [0, 0.1) is 0 Å². The van der Waals surface area contributed by atoms with Crippen LogP contribution in [0.15, 0.2) is 10.6 Å². The van der Waals surface area contributed by atoms with Gasteiger partial charge < -0.3 is 9.32 Å². The zero-order valence-corrected chi connectivity index (χ0v) is 9.46. The molecule has 0 aliphatic rings. The molecule has 1 atom stereocenters. The van der Waals surface area contributed by atoms with Crippen molar-refractivity contribution in [2.24, 2.45) is 0 Å². The van der Waals surface area contributed by atoms with E-state index in [-0.39, 0.29) is 10.2 Å². The first kappa shape index (κ1) is 10.4. The molecule has 1 aromatic rings. The molecular weight excluding hydrogens is 234 g/mol. The maximum atomic E-state index is 10.4. The van der Waals surface area contributed by atoms with Crippen molar-refractivity contribution in [3.05, 3.63) is 17.5 Å². The molecule has 1 aromatic heterocycles. The molecule has 0 radical (unpaired) electrons. The van der Waals surface area contributed by atoms with Crippen molar-refractivity contribution in [1.82, 2.24) is 5.16 Å². The van der Waals surface area contributed by atoms with E-state index in [2.05, 4.69) is 21.1 Å². The summed E-state index contributed by atoms with van der Waals surface area (Å²) in [6, 6.07) is 1.80. The van der Waals surface area contributed by atoms with Crippen LogP contribution >= 0.6 is 15.9 Å². The minimum Gasteiger partial charge on any atom is -0.361 e. The zero-order valence-electron chi connectivity index (χ0n) is 7.87. The number of rotatable bonds is 2. The first-order valence-electron chi connectivity index (χ1n) is 4.01. The summed E-state index contributed by atoms with van der Waals surface area (Å²) in [4.78, 5) is 10.1. The molecule has 0 fully saturated rings. The van der Waals surface area contributed by atoms with Crippen LogP contribution < -0.4 is 0 Å². The molecule has 0 spiro atoms. The fourth-order valence-corrected chi connectivity index (χ4v) is 1.06. The molecule has 4 heteroatoms. The standard InChI is InChI=1S/C9H12BrNO2/c1-9(2,3)8-4-7(11-13-8)6(10)5-12/h4-6H,1-3H3. The van der Waals surface area contributed by atoms with Crippen molar-refractivity contribution in [1.29, 1.82) is 0 Å². The zero-order chi connectivity index (χ0) is 10.1. The molecule has 13 heavy (non-hydrogen) atoms. The summed E-state index contributed by atoms with van der Waals surface area (Å²) in [5.74, 6) is 0.786. The lowest BCUT2D eigenvalue weighted by atomic mass is 9.93. The minimum atomic E-state index is -0.368. The van der Waals surface area contributed by atoms with E-state index in [0.717, 1.165) is 12.0 Å². The molecule has 0 saturated carbocycles. The van der Waals surface area contributed by atoms with Crippen molar-refractivity contribution in [3.8, 4) is 0 Å². The largest absolute Gasteiger partial charge is 0.361 e. The van der Waals surface area contributed by atoms with Crippen LogP contribution in [0.1, 0.15) is 37.1 Å². The molecule has 72 valence electrons. The van der Waals surface area contributed by atoms with Gasteiger partial charge in [-0.3, -0.25) is 0 Å². The molecular formula is C9H12BrNO2. The molecule has 0 aromatic carbocycles. The highest BCUT2D eigenvalue weighted by Crippen LogP contribution is 2.26. The first-order chi connectivity index (χ1) is 5.95. The van der Waals surface area contributed by atoms with Crippen LogP contribution in [0.25, 0.3) is 0 Å². The van der Waals surface area contributed by atoms with Crippen LogP contribution in [0.4, 0.5) is 0 Å². The molecule has 0 aliphatic carbocycles. The summed E-state index contributed by atoms with van der Waals surface area (Å²) in [5, 5.41) is 3.80. The predicted molar refractivity (Wildman–Crippen MR) is 52.9 cm³/mol. The lowest BCUT2D eigenvalue weighted by Gasteiger charge is -2.12. The van der Waals surface area contributed by atoms with Crippen molar-refractivity contribution < 1.29 is 9.32 Å². The van der Waals surface area contributed by atoms with Gasteiger partial charge >= 0.3 is 0 Å². The fraction of sp³-hybridized carbons (Fsp3) is 0.556. The topological polar surface area (TPSA) is 43.1 Å². The highest BCUT2D eigenvalue weighted by molar-refractivity contribution is 9.09. The number of aromatic nitrogens is 1. The summed E-state index contributed by atoms with van der Waals surface area (Å²) in [6.07, 6.45) is 0.782. The summed E-state index contributed by atoms with van der Waals surface area (Å²) < 4.78 is 5.11. The maximum Gasteiger partial charge on any atom is 0.142 e. The third-order valence-electron chi connectivity index (χ3n) is 1.67. The second-order valence-corrected chi connectivity index (χ2v) is 4.89. The molecule has 0 amide bonds. The molecule has 0 aliphatic heterocycles. The van der Waals surface area contributed by atoms with Gasteiger partial charge in [0.15, 0.2) is 0 Å². The van der Waals surface area contributed by atoms with Gasteiger partial charge in [0.25, 0.3) is 0 Å². The van der Waals surface area contributed by atoms with E-state index in [4.69, 9.17) is 4.52 Å². The Bertz CT molecular complexity index is 301. The van der Waals surface area contributed by atoms with Crippen LogP contribution in [0.5, 0.6) is 0 Å². The summed E-state index contributed by atoms with van der Waals surface area (Å²) in [7, 11) is 0. The molecule has 3 nitrogen and oxygen atoms in total. The number of hydrogen-bond acceptors (Lipinski definition) is 3. The lowest BCUT2D eigenvalue weighted by molar-refractivity contribution is -0.107. The average Bonchev–Trinajstić information content (AvgIpc) is 2.50. The average molecular weight is 246 g/mol. The number of hydrogen-bond donors (Lipinski definition) is 0. The summed E-state index contributed by atoms with van der Waals surface area (Å²) >= 11 is 3.17. The number of aldehydes is 1. The lowest BCUT2D eigenvalue weighted by Crippen LogP contribution is -2.09. The number of halogens is 1. The van der Waals surface area contributed by atoms with E-state index >= 15 is 0 Å². The van der Waals surface area contributed by atoms with E-state index in [1.165, 1.54) is 0 Å². The van der Waals surface area contributed by atoms with Gasteiger partial charge in [-0.1, -0.05) is 41.9 Å². The van der Waals surface area contributed by atoms with Gasteiger partial charge in [0.2, 0.25) is 0 Å². The van der Waals surface area contributed by atoms with Crippen LogP contribution in [-0.2, 0) is 10.2 Å². The maximum absolute atomic E-state index is 10.4. The molecule has 1 unspecified atom stereocenters. The number of alkyl halides is 1. The van der Waals surface area contributed by atoms with Gasteiger partial charge in [-0.25, -0.2) is 0 Å². The summed E-state index contributed by atoms with van der Waals surface area (Å²) in [6.45, 7) is 6.09. The third kappa shape index (κ3) is 2.40. The second kappa shape index (κ2) is 3.62. The SMILES string of the molecule is CC(C)(C)c1cc(C(Br)C=O)no1. The van der Waals surface area contributed by atoms with Gasteiger partial charge in [-0.2, -0.15) is 0 Å². The number of carbonyl (C=O) groups is 1. The highest BCUT2D eigenvalue weighted by Gasteiger charge is 2.21. The van der Waals surface area contributed by atoms with Crippen molar-refractivity contribution in [3.63, 3.8) is 0 Å². The molecule has 0 saturated heterocycles. The van der Waals surface area contributed by atoms with E-state index in [1.807, 2.05) is 20.8 Å². The number of nitrogens with zero attached hydrogens (tertiary/aromatic N) is 1. The molecule has 0 N–H and O–H groups in total. The Balaban J connectivity index is 2.93. The molecule has 1 rings (SSSR count). The van der Waals surface area contributed by atoms with E-state index < -0.39 is 0 Å². The second-order valence-electron chi connectivity index (χ2n) is 3.90. The van der Waals surface area contributed by atoms with Gasteiger partial charge in [0.1, 0.15) is 22.6 Å². The van der Waals surface area contributed by atoms with E-state index in [1.54, 1.807) is 6.07 Å². The Morgan fingerprint density at radius 2 is 2.23 bits per heavy atom. The number of carbonyl (C=O) groups excluding carboxylic acids is 1. The van der Waals surface area contributed by atoms with Gasteiger partial charge in [0.05, 0.1) is 0 Å². The van der Waals surface area contributed by atoms with Crippen molar-refractivity contribution in [2.75, 3.05) is 0 Å². The minimum absolute atomic E-state index is 0.0686. The van der Waals surface area contributed by atoms with Crippen LogP contribution in [-0.4, -0.2) is 11.4 Å².